The topological polar surface area (TPSA) is 20.3 Å². The zero-order valence-corrected chi connectivity index (χ0v) is 22.3. The number of aryl methyl sites for hydroxylation is 2. The van der Waals surface area contributed by atoms with E-state index in [2.05, 4.69) is 85.0 Å². The molecular weight excluding hydrogens is 476 g/mol. The fourth-order valence-corrected chi connectivity index (χ4v) is 11.3. The lowest BCUT2D eigenvalue weighted by Gasteiger charge is -2.41. The molecule has 4 heteroatoms. The van der Waals surface area contributed by atoms with E-state index in [4.69, 9.17) is 0 Å². The molecule has 0 unspecified atom stereocenters. The normalized spacial score (nSPS) is 11.4. The first-order valence-electron chi connectivity index (χ1n) is 12.1. The molecule has 0 fully saturated rings. The molecule has 2 nitrogen and oxygen atoms in total. The highest BCUT2D eigenvalue weighted by molar-refractivity contribution is 7.93. The zero-order chi connectivity index (χ0) is 25.0. The van der Waals surface area contributed by atoms with Crippen molar-refractivity contribution in [2.75, 3.05) is 4.44 Å². The van der Waals surface area contributed by atoms with Crippen molar-refractivity contribution in [1.82, 2.24) is 0 Å². The van der Waals surface area contributed by atoms with Crippen molar-refractivity contribution in [3.63, 3.8) is 0 Å². The third-order valence-electron chi connectivity index (χ3n) is 6.24. The Bertz CT molecular complexity index is 1390. The van der Waals surface area contributed by atoms with Crippen LogP contribution in [0.3, 0.4) is 0 Å². The van der Waals surface area contributed by atoms with E-state index in [9.17, 15) is 0 Å². The molecule has 0 amide bonds. The second-order valence-corrected chi connectivity index (χ2v) is 13.8. The Balaban J connectivity index is 1.89. The van der Waals surface area contributed by atoms with E-state index in [1.165, 1.54) is 5.56 Å². The second-order valence-electron chi connectivity index (χ2n) is 8.81. The highest BCUT2D eigenvalue weighted by Crippen LogP contribution is 2.62. The summed E-state index contributed by atoms with van der Waals surface area (Å²) in [5.41, 5.74) is 3.30. The van der Waals surface area contributed by atoms with Crippen LogP contribution in [0, 0.1) is 13.8 Å². The van der Waals surface area contributed by atoms with Gasteiger partial charge in [0.15, 0.2) is 0 Å². The number of anilines is 1. The molecule has 0 aliphatic heterocycles. The predicted octanol–water partition coefficient (Wildman–Crippen LogP) is 7.09. The van der Waals surface area contributed by atoms with Crippen molar-refractivity contribution >= 4 is 42.3 Å². The molecule has 178 valence electrons. The molecule has 0 aromatic heterocycles. The first-order chi connectivity index (χ1) is 17.6. The first-order valence-corrected chi connectivity index (χ1v) is 15.0. The molecule has 36 heavy (non-hydrogen) atoms. The van der Waals surface area contributed by atoms with Crippen LogP contribution in [0.25, 0.3) is 0 Å². The lowest BCUT2D eigenvalue weighted by molar-refractivity contribution is 0.588. The van der Waals surface area contributed by atoms with Gasteiger partial charge in [0.25, 0.3) is 0 Å². The van der Waals surface area contributed by atoms with Crippen LogP contribution in [0.1, 0.15) is 11.1 Å². The Morgan fingerprint density at radius 1 is 0.556 bits per heavy atom. The Labute approximate surface area is 215 Å². The third kappa shape index (κ3) is 4.68. The van der Waals surface area contributed by atoms with Gasteiger partial charge in [-0.05, 0) is 49.7 Å². The fourth-order valence-electron chi connectivity index (χ4n) is 4.55. The minimum Gasteiger partial charge on any atom is -0.290 e. The molecule has 0 saturated carbocycles. The van der Waals surface area contributed by atoms with Crippen LogP contribution in [0.5, 0.6) is 0 Å². The molecule has 0 aliphatic rings. The molecule has 0 radical (unpaired) electrons. The van der Waals surface area contributed by atoms with Gasteiger partial charge < -0.3 is 0 Å². The summed E-state index contributed by atoms with van der Waals surface area (Å²) in [6, 6.07) is 47.4. The van der Waals surface area contributed by atoms with Crippen molar-refractivity contribution in [3.8, 4) is 0 Å². The zero-order valence-electron chi connectivity index (χ0n) is 20.5. The van der Waals surface area contributed by atoms with Gasteiger partial charge in [0.05, 0.1) is 13.8 Å². The van der Waals surface area contributed by atoms with Crippen LogP contribution in [0.2, 0.25) is 0 Å². The van der Waals surface area contributed by atoms with Crippen LogP contribution in [-0.4, -0.2) is 0 Å². The van der Waals surface area contributed by atoms with E-state index in [0.717, 1.165) is 32.5 Å². The average Bonchev–Trinajstić information content (AvgIpc) is 2.94. The molecule has 0 spiro atoms. The molecule has 0 saturated heterocycles. The maximum Gasteiger partial charge on any atom is 0.233 e. The summed E-state index contributed by atoms with van der Waals surface area (Å²) >= 11 is 0. The number of hydrogen-bond donors (Lipinski definition) is 0. The van der Waals surface area contributed by atoms with Gasteiger partial charge >= 0.3 is 0 Å². The SMILES string of the molecule is Cc1ccc(N(P(c2ccccc2)c2ccccc2)P(=O)(c2ccccc2)c2ccccc2)c(C)c1. The molecular formula is C32H29NOP2. The smallest absolute Gasteiger partial charge is 0.233 e. The van der Waals surface area contributed by atoms with Gasteiger partial charge in [-0.15, -0.1) is 0 Å². The summed E-state index contributed by atoms with van der Waals surface area (Å²) < 4.78 is 18.1. The van der Waals surface area contributed by atoms with Crippen LogP contribution in [-0.2, 0) is 4.57 Å². The monoisotopic (exact) mass is 505 g/mol. The van der Waals surface area contributed by atoms with Crippen LogP contribution in [0.15, 0.2) is 140 Å². The van der Waals surface area contributed by atoms with Crippen molar-refractivity contribution in [3.05, 3.63) is 151 Å². The van der Waals surface area contributed by atoms with Gasteiger partial charge in [0.2, 0.25) is 7.29 Å². The largest absolute Gasteiger partial charge is 0.290 e. The van der Waals surface area contributed by atoms with Crippen molar-refractivity contribution in [2.24, 2.45) is 0 Å². The van der Waals surface area contributed by atoms with E-state index in [1.807, 2.05) is 72.8 Å². The summed E-state index contributed by atoms with van der Waals surface area (Å²) in [4.78, 5) is 0. The summed E-state index contributed by atoms with van der Waals surface area (Å²) in [6.45, 7) is 4.23. The molecule has 5 rings (SSSR count). The maximum atomic E-state index is 15.9. The van der Waals surface area contributed by atoms with Crippen molar-refractivity contribution < 1.29 is 4.57 Å². The summed E-state index contributed by atoms with van der Waals surface area (Å²) in [6.07, 6.45) is 0. The number of nitrogens with zero attached hydrogens (tertiary/aromatic N) is 1. The maximum absolute atomic E-state index is 15.9. The molecule has 0 aliphatic carbocycles. The van der Waals surface area contributed by atoms with Crippen LogP contribution < -0.4 is 25.7 Å². The van der Waals surface area contributed by atoms with Gasteiger partial charge in [0.1, 0.15) is 0 Å². The van der Waals surface area contributed by atoms with Crippen molar-refractivity contribution in [1.29, 1.82) is 0 Å². The minimum atomic E-state index is -3.32. The Morgan fingerprint density at radius 3 is 1.39 bits per heavy atom. The second kappa shape index (κ2) is 10.7. The summed E-state index contributed by atoms with van der Waals surface area (Å²) in [5, 5.41) is 3.97. The first kappa shape index (κ1) is 24.3. The van der Waals surface area contributed by atoms with E-state index in [0.29, 0.717) is 0 Å². The number of rotatable bonds is 7. The highest BCUT2D eigenvalue weighted by Gasteiger charge is 2.41. The fraction of sp³-hybridized carbons (Fsp3) is 0.0625. The standard InChI is InChI=1S/C32H29NOP2/c1-26-23-24-32(27(2)25-26)33(35(28-15-7-3-8-16-28)29-17-9-4-10-18-29)36(34,30-19-11-5-12-20-30)31-21-13-6-14-22-31/h3-25H,1-2H3. The van der Waals surface area contributed by atoms with E-state index >= 15 is 4.57 Å². The molecule has 0 atom stereocenters. The third-order valence-corrected chi connectivity index (χ3v) is 12.4. The van der Waals surface area contributed by atoms with E-state index < -0.39 is 15.4 Å². The van der Waals surface area contributed by atoms with Gasteiger partial charge in [-0.3, -0.25) is 9.01 Å². The lowest BCUT2D eigenvalue weighted by atomic mass is 10.1. The predicted molar refractivity (Wildman–Crippen MR) is 157 cm³/mol. The lowest BCUT2D eigenvalue weighted by Crippen LogP contribution is -2.35. The average molecular weight is 506 g/mol. The Hall–Kier alpha value is -3.44. The Kier molecular flexibility index (Phi) is 7.19. The quantitative estimate of drug-likeness (QED) is 0.220. The van der Waals surface area contributed by atoms with E-state index in [1.54, 1.807) is 0 Å². The summed E-state index contributed by atoms with van der Waals surface area (Å²) in [7, 11) is -4.50. The number of benzene rings is 5. The highest BCUT2D eigenvalue weighted by atomic mass is 31.2. The number of hydrogen-bond acceptors (Lipinski definition) is 1. The minimum absolute atomic E-state index is 0.829. The van der Waals surface area contributed by atoms with Crippen LogP contribution >= 0.6 is 15.4 Å². The van der Waals surface area contributed by atoms with E-state index in [-0.39, 0.29) is 0 Å². The van der Waals surface area contributed by atoms with Gasteiger partial charge in [-0.25, -0.2) is 0 Å². The summed E-state index contributed by atoms with van der Waals surface area (Å²) in [5.74, 6) is 0. The van der Waals surface area contributed by atoms with Crippen molar-refractivity contribution in [2.45, 2.75) is 13.8 Å². The van der Waals surface area contributed by atoms with Gasteiger partial charge in [-0.1, -0.05) is 115 Å². The molecule has 5 aromatic rings. The molecule has 0 heterocycles. The molecule has 0 N–H and O–H groups in total. The Morgan fingerprint density at radius 2 is 0.972 bits per heavy atom. The molecule has 0 bridgehead atoms. The van der Waals surface area contributed by atoms with Gasteiger partial charge in [-0.2, -0.15) is 0 Å². The van der Waals surface area contributed by atoms with Gasteiger partial charge in [0, 0.05) is 21.2 Å². The van der Waals surface area contributed by atoms with Crippen LogP contribution in [0.4, 0.5) is 5.69 Å². The molecule has 5 aromatic carbocycles.